The zero-order valence-electron chi connectivity index (χ0n) is 11.5. The topological polar surface area (TPSA) is 46.3 Å². The van der Waals surface area contributed by atoms with Crippen molar-refractivity contribution in [1.29, 1.82) is 0 Å². The minimum absolute atomic E-state index is 0.0614. The molecule has 1 fully saturated rings. The SMILES string of the molecule is CCCN(CC(F)(F)F)C(=O)C1CCC(N)C(C)C1. The van der Waals surface area contributed by atoms with E-state index in [9.17, 15) is 18.0 Å². The number of alkyl halides is 3. The largest absolute Gasteiger partial charge is 0.406 e. The van der Waals surface area contributed by atoms with E-state index in [1.165, 1.54) is 0 Å². The van der Waals surface area contributed by atoms with Gasteiger partial charge < -0.3 is 10.6 Å². The summed E-state index contributed by atoms with van der Waals surface area (Å²) in [6, 6.07) is 0.0614. The van der Waals surface area contributed by atoms with Crippen molar-refractivity contribution in [3.05, 3.63) is 0 Å². The zero-order chi connectivity index (χ0) is 14.6. The number of amides is 1. The molecule has 112 valence electrons. The number of hydrogen-bond donors (Lipinski definition) is 1. The number of carbonyl (C=O) groups excluding carboxylic acids is 1. The molecule has 2 N–H and O–H groups in total. The Kier molecular flexibility index (Phi) is 5.64. The highest BCUT2D eigenvalue weighted by Crippen LogP contribution is 2.30. The Morgan fingerprint density at radius 3 is 2.47 bits per heavy atom. The van der Waals surface area contributed by atoms with Crippen LogP contribution >= 0.6 is 0 Å². The second-order valence-electron chi connectivity index (χ2n) is 5.53. The van der Waals surface area contributed by atoms with Crippen LogP contribution in [0.2, 0.25) is 0 Å². The number of hydrogen-bond acceptors (Lipinski definition) is 2. The molecule has 0 bridgehead atoms. The highest BCUT2D eigenvalue weighted by molar-refractivity contribution is 5.79. The normalized spacial score (nSPS) is 28.2. The predicted octanol–water partition coefficient (Wildman–Crippen LogP) is 2.55. The highest BCUT2D eigenvalue weighted by Gasteiger charge is 2.37. The molecule has 6 heteroatoms. The summed E-state index contributed by atoms with van der Waals surface area (Å²) in [5.74, 6) is -0.473. The lowest BCUT2D eigenvalue weighted by atomic mass is 9.78. The number of nitrogens with two attached hydrogens (primary N) is 1. The standard InChI is InChI=1S/C13H23F3N2O/c1-3-6-18(8-13(14,15)16)12(19)10-4-5-11(17)9(2)7-10/h9-11H,3-8,17H2,1-2H3. The van der Waals surface area contributed by atoms with Crippen molar-refractivity contribution >= 4 is 5.91 Å². The van der Waals surface area contributed by atoms with Crippen LogP contribution < -0.4 is 5.73 Å². The van der Waals surface area contributed by atoms with Crippen molar-refractivity contribution in [2.45, 2.75) is 51.7 Å². The van der Waals surface area contributed by atoms with Gasteiger partial charge in [-0.2, -0.15) is 13.2 Å². The fraction of sp³-hybridized carbons (Fsp3) is 0.923. The summed E-state index contributed by atoms with van der Waals surface area (Å²) in [6.07, 6.45) is -1.89. The molecule has 3 nitrogen and oxygen atoms in total. The summed E-state index contributed by atoms with van der Waals surface area (Å²) in [5, 5.41) is 0. The van der Waals surface area contributed by atoms with Crippen LogP contribution in [0.1, 0.15) is 39.5 Å². The summed E-state index contributed by atoms with van der Waals surface area (Å²) in [6.45, 7) is 2.75. The third-order valence-electron chi connectivity index (χ3n) is 3.76. The summed E-state index contributed by atoms with van der Waals surface area (Å²) in [7, 11) is 0. The van der Waals surface area contributed by atoms with E-state index in [2.05, 4.69) is 0 Å². The second-order valence-corrected chi connectivity index (χ2v) is 5.53. The Hall–Kier alpha value is -0.780. The van der Waals surface area contributed by atoms with Crippen molar-refractivity contribution < 1.29 is 18.0 Å². The second kappa shape index (κ2) is 6.59. The predicted molar refractivity (Wildman–Crippen MR) is 67.4 cm³/mol. The minimum atomic E-state index is -4.33. The van der Waals surface area contributed by atoms with Gasteiger partial charge >= 0.3 is 6.18 Å². The molecule has 0 aromatic heterocycles. The summed E-state index contributed by atoms with van der Waals surface area (Å²) < 4.78 is 37.4. The van der Waals surface area contributed by atoms with Crippen LogP contribution in [0.4, 0.5) is 13.2 Å². The Balaban J connectivity index is 2.66. The molecule has 0 heterocycles. The molecule has 0 spiro atoms. The van der Waals surface area contributed by atoms with Crippen molar-refractivity contribution in [1.82, 2.24) is 4.90 Å². The third-order valence-corrected chi connectivity index (χ3v) is 3.76. The van der Waals surface area contributed by atoms with Crippen LogP contribution in [0, 0.1) is 11.8 Å². The first-order valence-corrected chi connectivity index (χ1v) is 6.85. The van der Waals surface area contributed by atoms with Gasteiger partial charge in [-0.05, 0) is 31.6 Å². The van der Waals surface area contributed by atoms with Gasteiger partial charge in [0.2, 0.25) is 5.91 Å². The van der Waals surface area contributed by atoms with Crippen molar-refractivity contribution in [3.8, 4) is 0 Å². The summed E-state index contributed by atoms with van der Waals surface area (Å²) in [5.41, 5.74) is 5.87. The van der Waals surface area contributed by atoms with E-state index in [1.807, 2.05) is 6.92 Å². The van der Waals surface area contributed by atoms with Gasteiger partial charge in [0.1, 0.15) is 6.54 Å². The molecular weight excluding hydrogens is 257 g/mol. The molecule has 1 aliphatic rings. The van der Waals surface area contributed by atoms with Gasteiger partial charge in [-0.1, -0.05) is 13.8 Å². The van der Waals surface area contributed by atoms with Crippen LogP contribution in [0.25, 0.3) is 0 Å². The Bertz CT molecular complexity index is 307. The number of nitrogens with zero attached hydrogens (tertiary/aromatic N) is 1. The minimum Gasteiger partial charge on any atom is -0.333 e. The maximum absolute atomic E-state index is 12.5. The maximum atomic E-state index is 12.5. The monoisotopic (exact) mass is 280 g/mol. The molecule has 1 rings (SSSR count). The van der Waals surface area contributed by atoms with Gasteiger partial charge in [-0.3, -0.25) is 4.79 Å². The van der Waals surface area contributed by atoms with E-state index in [0.717, 1.165) is 4.90 Å². The van der Waals surface area contributed by atoms with Crippen LogP contribution in [0.5, 0.6) is 0 Å². The first-order valence-electron chi connectivity index (χ1n) is 6.85. The quantitative estimate of drug-likeness (QED) is 0.860. The zero-order valence-corrected chi connectivity index (χ0v) is 11.5. The van der Waals surface area contributed by atoms with Gasteiger partial charge in [0.15, 0.2) is 0 Å². The Labute approximate surface area is 112 Å². The lowest BCUT2D eigenvalue weighted by Gasteiger charge is -2.34. The third kappa shape index (κ3) is 5.01. The Morgan fingerprint density at radius 1 is 1.37 bits per heavy atom. The summed E-state index contributed by atoms with van der Waals surface area (Å²) in [4.78, 5) is 13.2. The average molecular weight is 280 g/mol. The molecule has 1 saturated carbocycles. The molecule has 0 aromatic carbocycles. The first-order chi connectivity index (χ1) is 8.74. The molecule has 0 radical (unpaired) electrons. The van der Waals surface area contributed by atoms with Crippen LogP contribution in [0.15, 0.2) is 0 Å². The van der Waals surface area contributed by atoms with Crippen molar-refractivity contribution in [3.63, 3.8) is 0 Å². The van der Waals surface area contributed by atoms with E-state index < -0.39 is 12.7 Å². The molecule has 0 aliphatic heterocycles. The van der Waals surface area contributed by atoms with Crippen molar-refractivity contribution in [2.75, 3.05) is 13.1 Å². The average Bonchev–Trinajstić information content (AvgIpc) is 2.29. The molecule has 1 aliphatic carbocycles. The molecular formula is C13H23F3N2O. The van der Waals surface area contributed by atoms with E-state index in [0.29, 0.717) is 25.7 Å². The molecule has 0 aromatic rings. The lowest BCUT2D eigenvalue weighted by molar-refractivity contribution is -0.164. The highest BCUT2D eigenvalue weighted by atomic mass is 19.4. The summed E-state index contributed by atoms with van der Waals surface area (Å²) >= 11 is 0. The first kappa shape index (κ1) is 16.3. The fourth-order valence-corrected chi connectivity index (χ4v) is 2.66. The van der Waals surface area contributed by atoms with Gasteiger partial charge in [-0.15, -0.1) is 0 Å². The van der Waals surface area contributed by atoms with E-state index in [-0.39, 0.29) is 30.3 Å². The van der Waals surface area contributed by atoms with Gasteiger partial charge in [0.05, 0.1) is 0 Å². The molecule has 3 unspecified atom stereocenters. The number of rotatable bonds is 4. The van der Waals surface area contributed by atoms with E-state index in [4.69, 9.17) is 5.73 Å². The lowest BCUT2D eigenvalue weighted by Crippen LogP contribution is -2.45. The van der Waals surface area contributed by atoms with Crippen LogP contribution in [-0.4, -0.2) is 36.1 Å². The number of carbonyl (C=O) groups is 1. The molecule has 3 atom stereocenters. The van der Waals surface area contributed by atoms with Crippen LogP contribution in [-0.2, 0) is 4.79 Å². The van der Waals surface area contributed by atoms with Gasteiger partial charge in [0.25, 0.3) is 0 Å². The van der Waals surface area contributed by atoms with Gasteiger partial charge in [0, 0.05) is 18.5 Å². The van der Waals surface area contributed by atoms with Gasteiger partial charge in [-0.25, -0.2) is 0 Å². The molecule has 1 amide bonds. The van der Waals surface area contributed by atoms with E-state index in [1.54, 1.807) is 6.92 Å². The molecule has 0 saturated heterocycles. The van der Waals surface area contributed by atoms with Crippen molar-refractivity contribution in [2.24, 2.45) is 17.6 Å². The molecule has 19 heavy (non-hydrogen) atoms. The Morgan fingerprint density at radius 2 is 2.00 bits per heavy atom. The number of halogens is 3. The fourth-order valence-electron chi connectivity index (χ4n) is 2.66. The smallest absolute Gasteiger partial charge is 0.333 e. The van der Waals surface area contributed by atoms with E-state index >= 15 is 0 Å². The maximum Gasteiger partial charge on any atom is 0.406 e. The van der Waals surface area contributed by atoms with Crippen LogP contribution in [0.3, 0.4) is 0 Å².